The van der Waals surface area contributed by atoms with Crippen LogP contribution in [0.5, 0.6) is 11.5 Å². The maximum atomic E-state index is 12.6. The first kappa shape index (κ1) is 20.7. The molecule has 0 bridgehead atoms. The Kier molecular flexibility index (Phi) is 5.80. The lowest BCUT2D eigenvalue weighted by atomic mass is 9.76. The number of urea groups is 1. The van der Waals surface area contributed by atoms with Crippen molar-refractivity contribution < 1.29 is 41.4 Å². The van der Waals surface area contributed by atoms with E-state index in [-0.39, 0.29) is 31.4 Å². The number of rotatable bonds is 6. The molecular weight excluding hydrogens is 402 g/mol. The number of amides is 4. The number of imide groups is 1. The zero-order chi connectivity index (χ0) is 21.2. The molecule has 3 rings (SSSR count). The second-order valence-electron chi connectivity index (χ2n) is 6.67. The van der Waals surface area contributed by atoms with Gasteiger partial charge in [-0.25, -0.2) is 4.79 Å². The molecule has 158 valence electrons. The smallest absolute Gasteiger partial charge is 0.387 e. The highest BCUT2D eigenvalue weighted by Crippen LogP contribution is 2.36. The fourth-order valence-corrected chi connectivity index (χ4v) is 3.46. The number of hydrogen-bond acceptors (Lipinski definition) is 5. The molecule has 1 aromatic rings. The molecule has 8 nitrogen and oxygen atoms in total. The van der Waals surface area contributed by atoms with Gasteiger partial charge in [0.1, 0.15) is 11.3 Å². The van der Waals surface area contributed by atoms with Gasteiger partial charge in [-0.1, -0.05) is 0 Å². The van der Waals surface area contributed by atoms with Crippen molar-refractivity contribution in [2.75, 3.05) is 5.32 Å². The Labute approximate surface area is 161 Å². The van der Waals surface area contributed by atoms with Gasteiger partial charge in [0.25, 0.3) is 5.91 Å². The van der Waals surface area contributed by atoms with E-state index in [1.165, 1.54) is 0 Å². The number of alkyl halides is 4. The van der Waals surface area contributed by atoms with Gasteiger partial charge in [0, 0.05) is 12.0 Å². The average molecular weight is 419 g/mol. The van der Waals surface area contributed by atoms with Gasteiger partial charge in [-0.05, 0) is 37.8 Å². The molecule has 0 atom stereocenters. The molecule has 2 aliphatic rings. The van der Waals surface area contributed by atoms with Crippen LogP contribution in [-0.2, 0) is 9.59 Å². The standard InChI is InChI=1S/C17H17F4N3O5/c18-14(19)28-9-1-2-10(11(7-9)29-15(20)21)22-12(25)8-3-5-17(6-4-8)13(26)23-16(27)24-17/h1-2,7-8,14-15H,3-6H2,(H,22,25)(H2,23,24,26,27). The van der Waals surface area contributed by atoms with Gasteiger partial charge < -0.3 is 20.1 Å². The van der Waals surface area contributed by atoms with Crippen LogP contribution >= 0.6 is 0 Å². The molecule has 1 spiro atoms. The molecule has 0 radical (unpaired) electrons. The summed E-state index contributed by atoms with van der Waals surface area (Å²) < 4.78 is 58.3. The van der Waals surface area contributed by atoms with Gasteiger partial charge in [0.05, 0.1) is 5.69 Å². The Morgan fingerprint density at radius 2 is 1.76 bits per heavy atom. The summed E-state index contributed by atoms with van der Waals surface area (Å²) in [5.74, 6) is -2.42. The van der Waals surface area contributed by atoms with Gasteiger partial charge in [0.2, 0.25) is 5.91 Å². The molecule has 2 fully saturated rings. The zero-order valence-electron chi connectivity index (χ0n) is 14.8. The second kappa shape index (κ2) is 8.13. The molecular formula is C17H17F4N3O5. The summed E-state index contributed by atoms with van der Waals surface area (Å²) in [6.07, 6.45) is 1.03. The van der Waals surface area contributed by atoms with E-state index in [2.05, 4.69) is 25.4 Å². The number of benzene rings is 1. The van der Waals surface area contributed by atoms with Crippen LogP contribution in [0.1, 0.15) is 25.7 Å². The van der Waals surface area contributed by atoms with E-state index in [1.54, 1.807) is 0 Å². The molecule has 1 heterocycles. The predicted molar refractivity (Wildman–Crippen MR) is 89.7 cm³/mol. The highest BCUT2D eigenvalue weighted by atomic mass is 19.3. The minimum absolute atomic E-state index is 0.135. The van der Waals surface area contributed by atoms with Gasteiger partial charge in [0.15, 0.2) is 5.75 Å². The van der Waals surface area contributed by atoms with Crippen LogP contribution in [0.2, 0.25) is 0 Å². The van der Waals surface area contributed by atoms with Gasteiger partial charge >= 0.3 is 19.3 Å². The number of anilines is 1. The molecule has 1 aliphatic heterocycles. The van der Waals surface area contributed by atoms with Crippen molar-refractivity contribution in [3.8, 4) is 11.5 Å². The molecule has 0 aromatic heterocycles. The van der Waals surface area contributed by atoms with Gasteiger partial charge in [-0.3, -0.25) is 14.9 Å². The zero-order valence-corrected chi connectivity index (χ0v) is 14.8. The Morgan fingerprint density at radius 3 is 2.31 bits per heavy atom. The van der Waals surface area contributed by atoms with E-state index in [9.17, 15) is 31.9 Å². The largest absolute Gasteiger partial charge is 0.435 e. The summed E-state index contributed by atoms with van der Waals surface area (Å²) >= 11 is 0. The van der Waals surface area contributed by atoms with E-state index in [4.69, 9.17) is 0 Å². The summed E-state index contributed by atoms with van der Waals surface area (Å²) in [6.45, 7) is -6.40. The number of hydrogen-bond donors (Lipinski definition) is 3. The van der Waals surface area contributed by atoms with Crippen LogP contribution in [0, 0.1) is 5.92 Å². The number of carbonyl (C=O) groups is 3. The molecule has 12 heteroatoms. The van der Waals surface area contributed by atoms with Crippen LogP contribution in [0.25, 0.3) is 0 Å². The van der Waals surface area contributed by atoms with E-state index >= 15 is 0 Å². The number of halogens is 4. The first-order valence-electron chi connectivity index (χ1n) is 8.67. The van der Waals surface area contributed by atoms with E-state index in [0.29, 0.717) is 0 Å². The molecule has 1 aliphatic carbocycles. The molecule has 1 saturated carbocycles. The molecule has 4 amide bonds. The topological polar surface area (TPSA) is 106 Å². The summed E-state index contributed by atoms with van der Waals surface area (Å²) in [4.78, 5) is 35.8. The Morgan fingerprint density at radius 1 is 1.10 bits per heavy atom. The lowest BCUT2D eigenvalue weighted by molar-refractivity contribution is -0.128. The van der Waals surface area contributed by atoms with Crippen molar-refractivity contribution in [1.29, 1.82) is 0 Å². The first-order chi connectivity index (χ1) is 13.7. The third-order valence-corrected chi connectivity index (χ3v) is 4.88. The monoisotopic (exact) mass is 419 g/mol. The first-order valence-corrected chi connectivity index (χ1v) is 8.67. The maximum absolute atomic E-state index is 12.6. The van der Waals surface area contributed by atoms with Crippen LogP contribution < -0.4 is 25.4 Å². The lowest BCUT2D eigenvalue weighted by Crippen LogP contribution is -2.50. The molecule has 0 unspecified atom stereocenters. The average Bonchev–Trinajstić information content (AvgIpc) is 2.89. The molecule has 3 N–H and O–H groups in total. The summed E-state index contributed by atoms with van der Waals surface area (Å²) in [7, 11) is 0. The van der Waals surface area contributed by atoms with Crippen molar-refractivity contribution in [1.82, 2.24) is 10.6 Å². The Hall–Kier alpha value is -3.05. The van der Waals surface area contributed by atoms with E-state index < -0.39 is 54.0 Å². The highest BCUT2D eigenvalue weighted by Gasteiger charge is 2.48. The summed E-state index contributed by atoms with van der Waals surface area (Å²) in [5, 5.41) is 7.17. The number of ether oxygens (including phenoxy) is 2. The van der Waals surface area contributed by atoms with Crippen LogP contribution in [0.3, 0.4) is 0 Å². The lowest BCUT2D eigenvalue weighted by Gasteiger charge is -2.33. The molecule has 1 aromatic carbocycles. The van der Waals surface area contributed by atoms with Crippen LogP contribution in [0.15, 0.2) is 18.2 Å². The Bertz CT molecular complexity index is 812. The Balaban J connectivity index is 1.67. The van der Waals surface area contributed by atoms with Crippen molar-refractivity contribution in [2.24, 2.45) is 5.92 Å². The fourth-order valence-electron chi connectivity index (χ4n) is 3.46. The third-order valence-electron chi connectivity index (χ3n) is 4.88. The summed E-state index contributed by atoms with van der Waals surface area (Å²) in [6, 6.07) is 2.43. The van der Waals surface area contributed by atoms with E-state index in [1.807, 2.05) is 0 Å². The van der Waals surface area contributed by atoms with Crippen molar-refractivity contribution in [3.63, 3.8) is 0 Å². The van der Waals surface area contributed by atoms with Crippen molar-refractivity contribution in [3.05, 3.63) is 18.2 Å². The normalized spacial score (nSPS) is 23.9. The van der Waals surface area contributed by atoms with Gasteiger partial charge in [-0.15, -0.1) is 0 Å². The highest BCUT2D eigenvalue weighted by molar-refractivity contribution is 6.07. The second-order valence-corrected chi connectivity index (χ2v) is 6.67. The minimum atomic E-state index is -3.24. The van der Waals surface area contributed by atoms with Gasteiger partial charge in [-0.2, -0.15) is 17.6 Å². The SMILES string of the molecule is O=C1NC(=O)C2(CCC(C(=O)Nc3ccc(OC(F)F)cc3OC(F)F)CC2)N1. The third kappa shape index (κ3) is 4.69. The predicted octanol–water partition coefficient (Wildman–Crippen LogP) is 2.60. The molecule has 29 heavy (non-hydrogen) atoms. The number of carbonyl (C=O) groups excluding carboxylic acids is 3. The maximum Gasteiger partial charge on any atom is 0.387 e. The summed E-state index contributed by atoms with van der Waals surface area (Å²) in [5.41, 5.74) is -1.17. The number of nitrogens with one attached hydrogen (secondary N) is 3. The van der Waals surface area contributed by atoms with Crippen LogP contribution in [-0.4, -0.2) is 36.6 Å². The van der Waals surface area contributed by atoms with Crippen molar-refractivity contribution >= 4 is 23.5 Å². The van der Waals surface area contributed by atoms with Crippen LogP contribution in [0.4, 0.5) is 28.0 Å². The minimum Gasteiger partial charge on any atom is -0.435 e. The fraction of sp³-hybridized carbons (Fsp3) is 0.471. The quantitative estimate of drug-likeness (QED) is 0.486. The van der Waals surface area contributed by atoms with E-state index in [0.717, 1.165) is 18.2 Å². The van der Waals surface area contributed by atoms with Crippen molar-refractivity contribution in [2.45, 2.75) is 44.4 Å². The molecule has 1 saturated heterocycles.